The molecule has 0 spiro atoms. The zero-order chi connectivity index (χ0) is 23.9. The van der Waals surface area contributed by atoms with Crippen LogP contribution in [0.5, 0.6) is 0 Å². The molecule has 3 heterocycles. The summed E-state index contributed by atoms with van der Waals surface area (Å²) in [6.07, 6.45) is 3.46. The summed E-state index contributed by atoms with van der Waals surface area (Å²) in [4.78, 5) is 4.77. The summed E-state index contributed by atoms with van der Waals surface area (Å²) in [5.41, 5.74) is 0.817. The van der Waals surface area contributed by atoms with E-state index in [2.05, 4.69) is 4.98 Å². The summed E-state index contributed by atoms with van der Waals surface area (Å²) in [7, 11) is -3.62. The molecule has 1 aromatic heterocycles. The second-order valence-electron chi connectivity index (χ2n) is 8.51. The van der Waals surface area contributed by atoms with Crippen molar-refractivity contribution in [2.45, 2.75) is 54.1 Å². The van der Waals surface area contributed by atoms with Crippen molar-refractivity contribution >= 4 is 32.8 Å². The Bertz CT molecular complexity index is 1320. The van der Waals surface area contributed by atoms with E-state index in [0.29, 0.717) is 42.4 Å². The first-order valence-corrected chi connectivity index (χ1v) is 13.6. The Kier molecular flexibility index (Phi) is 6.62. The fourth-order valence-corrected chi connectivity index (χ4v) is 7.01. The topological polar surface area (TPSA) is 64.4 Å². The fraction of sp³-hybridized carbons (Fsp3) is 0.435. The largest absolute Gasteiger partial charge is 0.376 e. The first-order valence-electron chi connectivity index (χ1n) is 11.2. The Morgan fingerprint density at radius 2 is 1.82 bits per heavy atom. The highest BCUT2D eigenvalue weighted by molar-refractivity contribution is 7.98. The molecule has 34 heavy (non-hydrogen) atoms. The lowest BCUT2D eigenvalue weighted by atomic mass is 10.2. The number of halogens is 3. The predicted octanol–water partition coefficient (Wildman–Crippen LogP) is 4.71. The van der Waals surface area contributed by atoms with E-state index in [4.69, 9.17) is 4.74 Å². The lowest BCUT2D eigenvalue weighted by Crippen LogP contribution is -2.27. The van der Waals surface area contributed by atoms with Gasteiger partial charge in [-0.05, 0) is 56.0 Å². The third-order valence-corrected chi connectivity index (χ3v) is 9.18. The van der Waals surface area contributed by atoms with Crippen LogP contribution < -0.4 is 0 Å². The van der Waals surface area contributed by atoms with Gasteiger partial charge in [-0.15, -0.1) is 0 Å². The maximum atomic E-state index is 14.2. The van der Waals surface area contributed by atoms with Crippen LogP contribution in [0, 0.1) is 17.5 Å². The van der Waals surface area contributed by atoms with Gasteiger partial charge in [0.1, 0.15) is 5.82 Å². The second kappa shape index (κ2) is 9.52. The standard InChI is InChI=1S/C23H24F3N3O3S2/c24-18-6-7-19(25)22(26)17(18)14-33-23-27-20-12-16(34(30,31)28-9-1-2-10-28)5-8-21(20)29(23)13-15-4-3-11-32-15/h5-8,12,15H,1-4,9-11,13-14H2. The minimum absolute atomic E-state index is 0.0348. The highest BCUT2D eigenvalue weighted by Gasteiger charge is 2.28. The predicted molar refractivity (Wildman–Crippen MR) is 123 cm³/mol. The molecule has 0 bridgehead atoms. The van der Waals surface area contributed by atoms with Crippen molar-refractivity contribution < 1.29 is 26.3 Å². The van der Waals surface area contributed by atoms with Gasteiger partial charge in [0.15, 0.2) is 16.8 Å². The quantitative estimate of drug-likeness (QED) is 0.340. The van der Waals surface area contributed by atoms with Crippen LogP contribution in [-0.2, 0) is 27.1 Å². The number of aromatic nitrogens is 2. The molecule has 1 unspecified atom stereocenters. The van der Waals surface area contributed by atoms with Crippen LogP contribution in [0.2, 0.25) is 0 Å². The number of hydrogen-bond donors (Lipinski definition) is 0. The minimum Gasteiger partial charge on any atom is -0.376 e. The highest BCUT2D eigenvalue weighted by Crippen LogP contribution is 2.32. The summed E-state index contributed by atoms with van der Waals surface area (Å²) in [6, 6.07) is 6.49. The van der Waals surface area contributed by atoms with E-state index in [9.17, 15) is 21.6 Å². The highest BCUT2D eigenvalue weighted by atomic mass is 32.2. The third-order valence-electron chi connectivity index (χ3n) is 6.28. The van der Waals surface area contributed by atoms with Gasteiger partial charge in [-0.3, -0.25) is 0 Å². The molecule has 6 nitrogen and oxygen atoms in total. The SMILES string of the molecule is O=S(=O)(c1ccc2c(c1)nc(SCc1c(F)ccc(F)c1F)n2CC1CCCO1)N1CCCC1. The minimum atomic E-state index is -3.62. The van der Waals surface area contributed by atoms with E-state index < -0.39 is 27.5 Å². The molecule has 0 aliphatic carbocycles. The van der Waals surface area contributed by atoms with Crippen molar-refractivity contribution in [1.29, 1.82) is 0 Å². The Morgan fingerprint density at radius 3 is 2.56 bits per heavy atom. The number of nitrogens with zero attached hydrogens (tertiary/aromatic N) is 3. The number of ether oxygens (including phenoxy) is 1. The molecule has 3 aromatic rings. The van der Waals surface area contributed by atoms with Gasteiger partial charge in [0.05, 0.1) is 28.6 Å². The van der Waals surface area contributed by atoms with Gasteiger partial charge in [0, 0.05) is 31.0 Å². The van der Waals surface area contributed by atoms with Gasteiger partial charge in [0.25, 0.3) is 0 Å². The monoisotopic (exact) mass is 511 g/mol. The van der Waals surface area contributed by atoms with E-state index in [0.717, 1.165) is 49.6 Å². The number of imidazole rings is 1. The van der Waals surface area contributed by atoms with Crippen molar-refractivity contribution in [3.63, 3.8) is 0 Å². The fourth-order valence-electron chi connectivity index (χ4n) is 4.44. The summed E-state index contributed by atoms with van der Waals surface area (Å²) in [5.74, 6) is -3.31. The number of hydrogen-bond acceptors (Lipinski definition) is 5. The van der Waals surface area contributed by atoms with E-state index >= 15 is 0 Å². The van der Waals surface area contributed by atoms with Gasteiger partial charge in [-0.2, -0.15) is 4.31 Å². The average molecular weight is 512 g/mol. The van der Waals surface area contributed by atoms with Crippen molar-refractivity contribution in [1.82, 2.24) is 13.9 Å². The number of thioether (sulfide) groups is 1. The van der Waals surface area contributed by atoms with Crippen molar-refractivity contribution in [2.24, 2.45) is 0 Å². The van der Waals surface area contributed by atoms with E-state index in [1.807, 2.05) is 4.57 Å². The molecule has 5 rings (SSSR count). The molecule has 1 atom stereocenters. The smallest absolute Gasteiger partial charge is 0.243 e. The van der Waals surface area contributed by atoms with Crippen LogP contribution in [0.3, 0.4) is 0 Å². The number of sulfonamides is 1. The van der Waals surface area contributed by atoms with Crippen molar-refractivity contribution in [3.8, 4) is 0 Å². The first-order chi connectivity index (χ1) is 16.3. The van der Waals surface area contributed by atoms with Gasteiger partial charge in [-0.1, -0.05) is 11.8 Å². The maximum absolute atomic E-state index is 14.2. The van der Waals surface area contributed by atoms with E-state index in [-0.39, 0.29) is 22.3 Å². The van der Waals surface area contributed by atoms with Gasteiger partial charge < -0.3 is 9.30 Å². The summed E-state index contributed by atoms with van der Waals surface area (Å²) in [6.45, 7) is 2.14. The van der Waals surface area contributed by atoms with Crippen molar-refractivity contribution in [3.05, 3.63) is 53.3 Å². The molecule has 2 aliphatic heterocycles. The molecule has 0 N–H and O–H groups in total. The van der Waals surface area contributed by atoms with E-state index in [1.54, 1.807) is 18.2 Å². The second-order valence-corrected chi connectivity index (χ2v) is 11.4. The lowest BCUT2D eigenvalue weighted by molar-refractivity contribution is 0.0960. The molecular weight excluding hydrogens is 487 g/mol. The molecule has 0 saturated carbocycles. The average Bonchev–Trinajstić information content (AvgIpc) is 3.59. The third kappa shape index (κ3) is 4.46. The molecule has 2 aromatic carbocycles. The van der Waals surface area contributed by atoms with Crippen LogP contribution in [0.4, 0.5) is 13.2 Å². The molecule has 11 heteroatoms. The summed E-state index contributed by atoms with van der Waals surface area (Å²) in [5, 5.41) is 0.462. The van der Waals surface area contributed by atoms with Gasteiger partial charge in [0.2, 0.25) is 10.0 Å². The number of rotatable bonds is 7. The molecule has 2 fully saturated rings. The van der Waals surface area contributed by atoms with Gasteiger partial charge >= 0.3 is 0 Å². The zero-order valence-electron chi connectivity index (χ0n) is 18.3. The molecular formula is C23H24F3N3O3S2. The van der Waals surface area contributed by atoms with Crippen molar-refractivity contribution in [2.75, 3.05) is 19.7 Å². The van der Waals surface area contributed by atoms with Crippen LogP contribution in [0.25, 0.3) is 11.0 Å². The van der Waals surface area contributed by atoms with Crippen LogP contribution in [-0.4, -0.2) is 48.1 Å². The Labute approximate surface area is 200 Å². The molecule has 2 aliphatic rings. The van der Waals surface area contributed by atoms with E-state index in [1.165, 1.54) is 4.31 Å². The normalized spacial score (nSPS) is 19.4. The lowest BCUT2D eigenvalue weighted by Gasteiger charge is -2.16. The maximum Gasteiger partial charge on any atom is 0.243 e. The summed E-state index contributed by atoms with van der Waals surface area (Å²) < 4.78 is 77.1. The van der Waals surface area contributed by atoms with Gasteiger partial charge in [-0.25, -0.2) is 26.6 Å². The Balaban J connectivity index is 1.51. The van der Waals surface area contributed by atoms with Crippen LogP contribution in [0.15, 0.2) is 40.4 Å². The Hall–Kier alpha value is -2.08. The molecule has 0 radical (unpaired) electrons. The van der Waals surface area contributed by atoms with Crippen LogP contribution >= 0.6 is 11.8 Å². The Morgan fingerprint density at radius 1 is 1.06 bits per heavy atom. The first kappa shape index (κ1) is 23.7. The van der Waals surface area contributed by atoms with Crippen LogP contribution in [0.1, 0.15) is 31.2 Å². The zero-order valence-corrected chi connectivity index (χ0v) is 20.0. The molecule has 2 saturated heterocycles. The number of fused-ring (bicyclic) bond motifs is 1. The molecule has 0 amide bonds. The number of benzene rings is 2. The molecule has 182 valence electrons. The summed E-state index contributed by atoms with van der Waals surface area (Å²) >= 11 is 1.07.